The minimum atomic E-state index is -1.27. The number of carbonyl (C=O) groups excluding carboxylic acids is 2. The summed E-state index contributed by atoms with van der Waals surface area (Å²) < 4.78 is 10.5. The fourth-order valence-corrected chi connectivity index (χ4v) is 2.44. The summed E-state index contributed by atoms with van der Waals surface area (Å²) >= 11 is 3.16. The number of benzene rings is 2. The molecule has 10 heteroatoms. The predicted octanol–water partition coefficient (Wildman–Crippen LogP) is 3.26. The van der Waals surface area contributed by atoms with Crippen LogP contribution in [-0.2, 0) is 9.53 Å². The lowest BCUT2D eigenvalue weighted by atomic mass is 10.2. The van der Waals surface area contributed by atoms with Crippen molar-refractivity contribution in [3.8, 4) is 11.5 Å². The number of nitro benzene ring substituents is 1. The van der Waals surface area contributed by atoms with Gasteiger partial charge in [0.15, 0.2) is 6.10 Å². The number of ether oxygens (including phenoxy) is 2. The quantitative estimate of drug-likeness (QED) is 0.402. The van der Waals surface area contributed by atoms with E-state index >= 15 is 0 Å². The van der Waals surface area contributed by atoms with Gasteiger partial charge in [-0.1, -0.05) is 15.9 Å². The Morgan fingerprint density at radius 3 is 2.59 bits per heavy atom. The van der Waals surface area contributed by atoms with Crippen molar-refractivity contribution in [1.29, 1.82) is 0 Å². The summed E-state index contributed by atoms with van der Waals surface area (Å²) in [5.74, 6) is -1.74. The second kappa shape index (κ2) is 8.49. The van der Waals surface area contributed by atoms with E-state index in [1.165, 1.54) is 44.4 Å². The molecule has 9 nitrogen and oxygen atoms in total. The molecule has 0 bridgehead atoms. The highest BCUT2D eigenvalue weighted by atomic mass is 79.9. The van der Waals surface area contributed by atoms with Gasteiger partial charge in [-0.3, -0.25) is 14.9 Å². The van der Waals surface area contributed by atoms with Crippen LogP contribution in [0.3, 0.4) is 0 Å². The van der Waals surface area contributed by atoms with Gasteiger partial charge in [-0.05, 0) is 37.3 Å². The van der Waals surface area contributed by atoms with Crippen LogP contribution in [0.5, 0.6) is 11.5 Å². The van der Waals surface area contributed by atoms with Gasteiger partial charge in [0.25, 0.3) is 11.6 Å². The summed E-state index contributed by atoms with van der Waals surface area (Å²) in [6.07, 6.45) is -1.27. The van der Waals surface area contributed by atoms with E-state index in [-0.39, 0.29) is 28.4 Å². The predicted molar refractivity (Wildman–Crippen MR) is 99.0 cm³/mol. The van der Waals surface area contributed by atoms with E-state index in [2.05, 4.69) is 21.2 Å². The summed E-state index contributed by atoms with van der Waals surface area (Å²) in [5.41, 5.74) is -0.565. The molecule has 2 aromatic rings. The smallest absolute Gasteiger partial charge is 0.342 e. The summed E-state index contributed by atoms with van der Waals surface area (Å²) in [6, 6.07) is 8.09. The molecule has 0 aliphatic rings. The first-order chi connectivity index (χ1) is 12.7. The number of nitrogens with zero attached hydrogens (tertiary/aromatic N) is 1. The molecule has 27 heavy (non-hydrogen) atoms. The van der Waals surface area contributed by atoms with Crippen molar-refractivity contribution in [2.75, 3.05) is 12.4 Å². The topological polar surface area (TPSA) is 128 Å². The SMILES string of the molecule is COc1ccc(NC(=O)C(C)OC(=O)c2cc(Br)ccc2O)c([N+](=O)[O-])c1. The average Bonchev–Trinajstić information content (AvgIpc) is 2.63. The van der Waals surface area contributed by atoms with Crippen LogP contribution >= 0.6 is 15.9 Å². The van der Waals surface area contributed by atoms with Crippen molar-refractivity contribution >= 4 is 39.2 Å². The van der Waals surface area contributed by atoms with Crippen molar-refractivity contribution in [2.45, 2.75) is 13.0 Å². The van der Waals surface area contributed by atoms with E-state index in [1.54, 1.807) is 0 Å². The monoisotopic (exact) mass is 438 g/mol. The Hall–Kier alpha value is -3.14. The van der Waals surface area contributed by atoms with Crippen LogP contribution in [0.15, 0.2) is 40.9 Å². The van der Waals surface area contributed by atoms with E-state index in [9.17, 15) is 24.8 Å². The molecule has 0 aromatic heterocycles. The molecule has 0 saturated heterocycles. The molecule has 0 aliphatic heterocycles. The van der Waals surface area contributed by atoms with Gasteiger partial charge in [0.2, 0.25) is 0 Å². The molecule has 0 spiro atoms. The highest BCUT2D eigenvalue weighted by molar-refractivity contribution is 9.10. The number of hydrogen-bond acceptors (Lipinski definition) is 7. The van der Waals surface area contributed by atoms with Crippen LogP contribution in [0.25, 0.3) is 0 Å². The number of phenols is 1. The molecule has 1 atom stereocenters. The molecule has 2 N–H and O–H groups in total. The number of halogens is 1. The van der Waals surface area contributed by atoms with Crippen molar-refractivity contribution in [3.05, 3.63) is 56.5 Å². The first-order valence-electron chi connectivity index (χ1n) is 7.55. The third-order valence-electron chi connectivity index (χ3n) is 3.49. The van der Waals surface area contributed by atoms with Crippen molar-refractivity contribution in [2.24, 2.45) is 0 Å². The van der Waals surface area contributed by atoms with Crippen LogP contribution in [0.4, 0.5) is 11.4 Å². The maximum atomic E-state index is 12.2. The van der Waals surface area contributed by atoms with Crippen LogP contribution in [0, 0.1) is 10.1 Å². The lowest BCUT2D eigenvalue weighted by Gasteiger charge is -2.14. The molecule has 0 fully saturated rings. The fourth-order valence-electron chi connectivity index (χ4n) is 2.08. The van der Waals surface area contributed by atoms with Crippen LogP contribution in [0.1, 0.15) is 17.3 Å². The molecular formula is C17H15BrN2O7. The zero-order valence-electron chi connectivity index (χ0n) is 14.3. The number of nitrogens with one attached hydrogen (secondary N) is 1. The van der Waals surface area contributed by atoms with Crippen LogP contribution in [-0.4, -0.2) is 35.1 Å². The van der Waals surface area contributed by atoms with Gasteiger partial charge < -0.3 is 19.9 Å². The van der Waals surface area contributed by atoms with Gasteiger partial charge in [0.1, 0.15) is 22.7 Å². The maximum Gasteiger partial charge on any atom is 0.342 e. The number of amides is 1. The third kappa shape index (κ3) is 4.94. The lowest BCUT2D eigenvalue weighted by molar-refractivity contribution is -0.384. The first-order valence-corrected chi connectivity index (χ1v) is 8.35. The van der Waals surface area contributed by atoms with Gasteiger partial charge in [-0.25, -0.2) is 4.79 Å². The van der Waals surface area contributed by atoms with E-state index < -0.39 is 22.9 Å². The Bertz CT molecular complexity index is 901. The third-order valence-corrected chi connectivity index (χ3v) is 3.98. The zero-order valence-corrected chi connectivity index (χ0v) is 15.8. The molecule has 0 aliphatic carbocycles. The number of methoxy groups -OCH3 is 1. The summed E-state index contributed by atoms with van der Waals surface area (Å²) in [4.78, 5) is 34.9. The Labute approximate surface area is 162 Å². The number of phenolic OH excluding ortho intramolecular Hbond substituents is 1. The molecule has 2 aromatic carbocycles. The summed E-state index contributed by atoms with van der Waals surface area (Å²) in [5, 5.41) is 23.2. The summed E-state index contributed by atoms with van der Waals surface area (Å²) in [7, 11) is 1.36. The number of hydrogen-bond donors (Lipinski definition) is 2. The minimum Gasteiger partial charge on any atom is -0.507 e. The van der Waals surface area contributed by atoms with Crippen LogP contribution in [0.2, 0.25) is 0 Å². The van der Waals surface area contributed by atoms with Crippen molar-refractivity contribution in [3.63, 3.8) is 0 Å². The molecule has 1 unspecified atom stereocenters. The fraction of sp³-hybridized carbons (Fsp3) is 0.176. The molecule has 0 saturated carbocycles. The Morgan fingerprint density at radius 1 is 1.26 bits per heavy atom. The Kier molecular flexibility index (Phi) is 6.35. The molecule has 0 heterocycles. The number of nitro groups is 1. The minimum absolute atomic E-state index is 0.0704. The van der Waals surface area contributed by atoms with Gasteiger partial charge in [0.05, 0.1) is 18.1 Å². The number of esters is 1. The van der Waals surface area contributed by atoms with Crippen molar-refractivity contribution in [1.82, 2.24) is 0 Å². The van der Waals surface area contributed by atoms with Gasteiger partial charge >= 0.3 is 5.97 Å². The van der Waals surface area contributed by atoms with E-state index in [0.717, 1.165) is 6.07 Å². The Balaban J connectivity index is 2.13. The average molecular weight is 439 g/mol. The van der Waals surface area contributed by atoms with E-state index in [1.807, 2.05) is 0 Å². The molecular weight excluding hydrogens is 424 g/mol. The second-order valence-electron chi connectivity index (χ2n) is 5.34. The van der Waals surface area contributed by atoms with Gasteiger partial charge in [-0.15, -0.1) is 0 Å². The number of carbonyl (C=O) groups is 2. The maximum absolute atomic E-state index is 12.2. The van der Waals surface area contributed by atoms with Crippen molar-refractivity contribution < 1.29 is 29.1 Å². The highest BCUT2D eigenvalue weighted by Crippen LogP contribution is 2.29. The molecule has 142 valence electrons. The molecule has 0 radical (unpaired) electrons. The van der Waals surface area contributed by atoms with E-state index in [0.29, 0.717) is 4.47 Å². The number of aromatic hydroxyl groups is 1. The van der Waals surface area contributed by atoms with Crippen LogP contribution < -0.4 is 10.1 Å². The van der Waals surface area contributed by atoms with Gasteiger partial charge in [0, 0.05) is 4.47 Å². The molecule has 1 amide bonds. The van der Waals surface area contributed by atoms with Gasteiger partial charge in [-0.2, -0.15) is 0 Å². The second-order valence-corrected chi connectivity index (χ2v) is 6.25. The zero-order chi connectivity index (χ0) is 20.1. The normalized spacial score (nSPS) is 11.4. The highest BCUT2D eigenvalue weighted by Gasteiger charge is 2.24. The molecule has 2 rings (SSSR count). The summed E-state index contributed by atoms with van der Waals surface area (Å²) in [6.45, 7) is 1.30. The largest absolute Gasteiger partial charge is 0.507 e. The first kappa shape index (κ1) is 20.2. The number of anilines is 1. The Morgan fingerprint density at radius 2 is 1.96 bits per heavy atom. The number of rotatable bonds is 6. The standard InChI is InChI=1S/C17H15BrN2O7/c1-9(27-17(23)12-7-10(18)3-6-15(12)21)16(22)19-13-5-4-11(26-2)8-14(13)20(24)25/h3-9,21H,1-2H3,(H,19,22). The van der Waals surface area contributed by atoms with E-state index in [4.69, 9.17) is 9.47 Å². The lowest BCUT2D eigenvalue weighted by Crippen LogP contribution is -2.30.